The molecule has 3 heterocycles. The molecule has 0 aliphatic rings. The molecule has 1 N–H and O–H groups in total. The van der Waals surface area contributed by atoms with E-state index in [1.165, 1.54) is 39.1 Å². The van der Waals surface area contributed by atoms with Crippen molar-refractivity contribution in [3.05, 3.63) is 51.0 Å². The Bertz CT molecular complexity index is 1210. The average molecular weight is 456 g/mol. The average Bonchev–Trinajstić information content (AvgIpc) is 3.43. The molecule has 154 valence electrons. The minimum Gasteiger partial charge on any atom is -0.305 e. The van der Waals surface area contributed by atoms with Crippen LogP contribution in [0.25, 0.3) is 22.6 Å². The molecule has 0 aliphatic heterocycles. The van der Waals surface area contributed by atoms with Gasteiger partial charge in [-0.25, -0.2) is 4.98 Å². The zero-order valence-corrected chi connectivity index (χ0v) is 19.5. The molecule has 0 atom stereocenters. The van der Waals surface area contributed by atoms with E-state index in [2.05, 4.69) is 70.9 Å². The first-order valence-electron chi connectivity index (χ1n) is 9.31. The monoisotopic (exact) mass is 455 g/mol. The SMILES string of the molecule is Cc1cc(-c2nnc(SCC(=O)Nc3nc(-c4ccc(C)c(C)c4)cs3)n2C)cs1. The number of benzene rings is 1. The van der Waals surface area contributed by atoms with E-state index < -0.39 is 0 Å². The molecule has 4 aromatic rings. The minimum absolute atomic E-state index is 0.114. The predicted molar refractivity (Wildman–Crippen MR) is 125 cm³/mol. The van der Waals surface area contributed by atoms with Gasteiger partial charge >= 0.3 is 0 Å². The zero-order valence-electron chi connectivity index (χ0n) is 17.1. The fraction of sp³-hybridized carbons (Fsp3) is 0.238. The van der Waals surface area contributed by atoms with Crippen molar-refractivity contribution in [1.82, 2.24) is 19.7 Å². The van der Waals surface area contributed by atoms with Crippen LogP contribution in [0.5, 0.6) is 0 Å². The van der Waals surface area contributed by atoms with Gasteiger partial charge in [0.1, 0.15) is 0 Å². The molecule has 1 amide bonds. The van der Waals surface area contributed by atoms with Crippen LogP contribution in [-0.2, 0) is 11.8 Å². The van der Waals surface area contributed by atoms with Crippen LogP contribution in [0, 0.1) is 20.8 Å². The number of carbonyl (C=O) groups excluding carboxylic acids is 1. The minimum atomic E-state index is -0.114. The van der Waals surface area contributed by atoms with Gasteiger partial charge in [-0.15, -0.1) is 32.9 Å². The van der Waals surface area contributed by atoms with Gasteiger partial charge in [0.25, 0.3) is 0 Å². The van der Waals surface area contributed by atoms with Gasteiger partial charge in [-0.1, -0.05) is 23.9 Å². The maximum atomic E-state index is 12.4. The Hall–Kier alpha value is -2.49. The molecule has 0 aliphatic carbocycles. The molecule has 0 spiro atoms. The van der Waals surface area contributed by atoms with Crippen molar-refractivity contribution < 1.29 is 4.79 Å². The Morgan fingerprint density at radius 2 is 1.90 bits per heavy atom. The first kappa shape index (κ1) is 20.8. The second-order valence-corrected chi connectivity index (χ2v) is 9.90. The van der Waals surface area contributed by atoms with Crippen LogP contribution in [0.15, 0.2) is 40.2 Å². The van der Waals surface area contributed by atoms with E-state index in [1.54, 1.807) is 11.3 Å². The van der Waals surface area contributed by atoms with Gasteiger partial charge in [0.15, 0.2) is 16.1 Å². The molecule has 0 fully saturated rings. The Morgan fingerprint density at radius 1 is 1.07 bits per heavy atom. The van der Waals surface area contributed by atoms with Gasteiger partial charge in [-0.2, -0.15) is 0 Å². The molecule has 6 nitrogen and oxygen atoms in total. The highest BCUT2D eigenvalue weighted by molar-refractivity contribution is 7.99. The fourth-order valence-corrected chi connectivity index (χ4v) is 5.03. The Morgan fingerprint density at radius 3 is 2.63 bits per heavy atom. The lowest BCUT2D eigenvalue weighted by Gasteiger charge is -2.04. The number of thiophene rings is 1. The summed E-state index contributed by atoms with van der Waals surface area (Å²) in [5.74, 6) is 0.935. The fourth-order valence-electron chi connectivity index (χ4n) is 2.90. The largest absolute Gasteiger partial charge is 0.305 e. The molecule has 0 saturated heterocycles. The number of nitrogens with one attached hydrogen (secondary N) is 1. The number of amides is 1. The van der Waals surface area contributed by atoms with Crippen molar-refractivity contribution in [2.45, 2.75) is 25.9 Å². The number of thioether (sulfide) groups is 1. The summed E-state index contributed by atoms with van der Waals surface area (Å²) in [5.41, 5.74) is 5.45. The lowest BCUT2D eigenvalue weighted by atomic mass is 10.1. The Balaban J connectivity index is 1.37. The highest BCUT2D eigenvalue weighted by Gasteiger charge is 2.15. The number of aromatic nitrogens is 4. The highest BCUT2D eigenvalue weighted by Crippen LogP contribution is 2.28. The molecule has 4 rings (SSSR count). The lowest BCUT2D eigenvalue weighted by Crippen LogP contribution is -2.14. The third kappa shape index (κ3) is 4.48. The maximum Gasteiger partial charge on any atom is 0.236 e. The van der Waals surface area contributed by atoms with Crippen LogP contribution in [0.3, 0.4) is 0 Å². The molecule has 0 unspecified atom stereocenters. The molecule has 9 heteroatoms. The number of thiazole rings is 1. The molecule has 3 aromatic heterocycles. The molecular formula is C21H21N5OS3. The van der Waals surface area contributed by atoms with Gasteiger partial charge in [-0.05, 0) is 44.0 Å². The number of hydrogen-bond acceptors (Lipinski definition) is 7. The smallest absolute Gasteiger partial charge is 0.236 e. The molecule has 0 radical (unpaired) electrons. The maximum absolute atomic E-state index is 12.4. The molecule has 0 saturated carbocycles. The van der Waals surface area contributed by atoms with E-state index >= 15 is 0 Å². The predicted octanol–water partition coefficient (Wildman–Crippen LogP) is 5.32. The third-order valence-corrected chi connectivity index (χ3v) is 7.35. The van der Waals surface area contributed by atoms with Crippen molar-refractivity contribution in [3.8, 4) is 22.6 Å². The second-order valence-electron chi connectivity index (χ2n) is 6.99. The highest BCUT2D eigenvalue weighted by atomic mass is 32.2. The number of rotatable bonds is 6. The van der Waals surface area contributed by atoms with Crippen LogP contribution in [0.2, 0.25) is 0 Å². The first-order valence-corrected chi connectivity index (χ1v) is 12.1. The van der Waals surface area contributed by atoms with Crippen molar-refractivity contribution in [2.75, 3.05) is 11.1 Å². The molecule has 0 bridgehead atoms. The summed E-state index contributed by atoms with van der Waals surface area (Å²) in [6.07, 6.45) is 0. The zero-order chi connectivity index (χ0) is 21.3. The summed E-state index contributed by atoms with van der Waals surface area (Å²) in [6, 6.07) is 8.35. The number of anilines is 1. The summed E-state index contributed by atoms with van der Waals surface area (Å²) >= 11 is 4.47. The van der Waals surface area contributed by atoms with Gasteiger partial charge < -0.3 is 9.88 Å². The van der Waals surface area contributed by atoms with E-state index in [0.29, 0.717) is 10.3 Å². The second kappa shape index (κ2) is 8.71. The van der Waals surface area contributed by atoms with Gasteiger partial charge in [0.05, 0.1) is 11.4 Å². The number of hydrogen-bond donors (Lipinski definition) is 1. The number of aryl methyl sites for hydroxylation is 3. The van der Waals surface area contributed by atoms with Crippen molar-refractivity contribution >= 4 is 45.5 Å². The molecule has 1 aromatic carbocycles. The summed E-state index contributed by atoms with van der Waals surface area (Å²) in [6.45, 7) is 6.24. The van der Waals surface area contributed by atoms with Crippen LogP contribution in [0.4, 0.5) is 5.13 Å². The standard InChI is InChI=1S/C21H21N5OS3/c1-12-5-6-15(7-13(12)2)17-10-29-20(22-17)23-18(27)11-30-21-25-24-19(26(21)4)16-8-14(3)28-9-16/h5-10H,11H2,1-4H3,(H,22,23,27). The van der Waals surface area contributed by atoms with E-state index in [-0.39, 0.29) is 11.7 Å². The van der Waals surface area contributed by atoms with Crippen LogP contribution >= 0.6 is 34.4 Å². The van der Waals surface area contributed by atoms with Crippen molar-refractivity contribution in [2.24, 2.45) is 7.05 Å². The Kier molecular flexibility index (Phi) is 6.03. The van der Waals surface area contributed by atoms with Gasteiger partial charge in [-0.3, -0.25) is 4.79 Å². The first-order chi connectivity index (χ1) is 14.4. The number of carbonyl (C=O) groups is 1. The summed E-state index contributed by atoms with van der Waals surface area (Å²) in [7, 11) is 1.92. The Labute approximate surface area is 187 Å². The van der Waals surface area contributed by atoms with E-state index in [4.69, 9.17) is 0 Å². The van der Waals surface area contributed by atoms with Gasteiger partial charge in [0.2, 0.25) is 5.91 Å². The van der Waals surface area contributed by atoms with E-state index in [1.807, 2.05) is 17.0 Å². The molecule has 30 heavy (non-hydrogen) atoms. The topological polar surface area (TPSA) is 72.7 Å². The van der Waals surface area contributed by atoms with E-state index in [0.717, 1.165) is 22.6 Å². The lowest BCUT2D eigenvalue weighted by molar-refractivity contribution is -0.113. The van der Waals surface area contributed by atoms with Gasteiger partial charge in [0, 0.05) is 33.8 Å². The third-order valence-electron chi connectivity index (χ3n) is 4.71. The van der Waals surface area contributed by atoms with Crippen molar-refractivity contribution in [1.29, 1.82) is 0 Å². The quantitative estimate of drug-likeness (QED) is 0.398. The van der Waals surface area contributed by atoms with Crippen LogP contribution < -0.4 is 5.32 Å². The van der Waals surface area contributed by atoms with Crippen molar-refractivity contribution in [3.63, 3.8) is 0 Å². The summed E-state index contributed by atoms with van der Waals surface area (Å²) < 4.78 is 1.92. The number of nitrogens with zero attached hydrogens (tertiary/aromatic N) is 4. The summed E-state index contributed by atoms with van der Waals surface area (Å²) in [5, 5.41) is 16.7. The van der Waals surface area contributed by atoms with Crippen LogP contribution in [0.1, 0.15) is 16.0 Å². The molecular weight excluding hydrogens is 434 g/mol. The van der Waals surface area contributed by atoms with E-state index in [9.17, 15) is 4.79 Å². The normalized spacial score (nSPS) is 11.1. The summed E-state index contributed by atoms with van der Waals surface area (Å²) in [4.78, 5) is 18.2. The van der Waals surface area contributed by atoms with Crippen LogP contribution in [-0.4, -0.2) is 31.4 Å².